The molecule has 70 valence electrons. The summed E-state index contributed by atoms with van der Waals surface area (Å²) in [6, 6.07) is 0. The van der Waals surface area contributed by atoms with Crippen LogP contribution in [0.5, 0.6) is 0 Å². The molecule has 0 unspecified atom stereocenters. The van der Waals surface area contributed by atoms with Crippen LogP contribution in [0.25, 0.3) is 0 Å². The SMILES string of the molecule is CN(C)C(=O)c1coc(C2CC2)n1. The van der Waals surface area contributed by atoms with Crippen LogP contribution in [0.2, 0.25) is 0 Å². The molecule has 0 radical (unpaired) electrons. The molecule has 1 amide bonds. The lowest BCUT2D eigenvalue weighted by Gasteiger charge is -2.05. The van der Waals surface area contributed by atoms with Crippen LogP contribution in [0, 0.1) is 0 Å². The van der Waals surface area contributed by atoms with E-state index in [1.807, 2.05) is 0 Å². The van der Waals surface area contributed by atoms with Crippen molar-refractivity contribution in [2.24, 2.45) is 0 Å². The van der Waals surface area contributed by atoms with Crippen LogP contribution >= 0.6 is 0 Å². The Balaban J connectivity index is 2.16. The molecule has 0 aromatic carbocycles. The van der Waals surface area contributed by atoms with E-state index in [2.05, 4.69) is 4.98 Å². The Hall–Kier alpha value is -1.32. The first-order chi connectivity index (χ1) is 6.18. The average Bonchev–Trinajstić information content (AvgIpc) is 2.83. The fourth-order valence-corrected chi connectivity index (χ4v) is 1.13. The van der Waals surface area contributed by atoms with Crippen molar-refractivity contribution in [2.75, 3.05) is 14.1 Å². The van der Waals surface area contributed by atoms with E-state index in [-0.39, 0.29) is 5.91 Å². The molecule has 1 saturated carbocycles. The van der Waals surface area contributed by atoms with E-state index in [4.69, 9.17) is 4.42 Å². The summed E-state index contributed by atoms with van der Waals surface area (Å²) < 4.78 is 5.20. The van der Waals surface area contributed by atoms with E-state index < -0.39 is 0 Å². The molecular weight excluding hydrogens is 168 g/mol. The van der Waals surface area contributed by atoms with E-state index in [9.17, 15) is 4.79 Å². The predicted octanol–water partition coefficient (Wildman–Crippen LogP) is 1.25. The molecule has 1 aromatic heterocycles. The van der Waals surface area contributed by atoms with Crippen molar-refractivity contribution >= 4 is 5.91 Å². The highest BCUT2D eigenvalue weighted by Crippen LogP contribution is 2.39. The van der Waals surface area contributed by atoms with Gasteiger partial charge in [0.25, 0.3) is 5.91 Å². The fraction of sp³-hybridized carbons (Fsp3) is 0.556. The molecule has 1 aliphatic carbocycles. The second-order valence-corrected chi connectivity index (χ2v) is 3.54. The first-order valence-electron chi connectivity index (χ1n) is 4.35. The molecule has 4 nitrogen and oxygen atoms in total. The molecule has 2 rings (SSSR count). The Bertz CT molecular complexity index is 326. The maximum absolute atomic E-state index is 11.4. The summed E-state index contributed by atoms with van der Waals surface area (Å²) in [7, 11) is 3.40. The van der Waals surface area contributed by atoms with E-state index in [0.717, 1.165) is 12.8 Å². The summed E-state index contributed by atoms with van der Waals surface area (Å²) in [5.74, 6) is 1.07. The Morgan fingerprint density at radius 3 is 2.85 bits per heavy atom. The van der Waals surface area contributed by atoms with Gasteiger partial charge in [-0.05, 0) is 12.8 Å². The molecule has 4 heteroatoms. The number of oxazole rings is 1. The van der Waals surface area contributed by atoms with Crippen molar-refractivity contribution in [2.45, 2.75) is 18.8 Å². The minimum Gasteiger partial charge on any atom is -0.448 e. The minimum absolute atomic E-state index is 0.101. The van der Waals surface area contributed by atoms with Gasteiger partial charge in [-0.15, -0.1) is 0 Å². The molecule has 0 saturated heterocycles. The van der Waals surface area contributed by atoms with Gasteiger partial charge < -0.3 is 9.32 Å². The van der Waals surface area contributed by atoms with Gasteiger partial charge in [-0.25, -0.2) is 4.98 Å². The van der Waals surface area contributed by atoms with Gasteiger partial charge in [0.15, 0.2) is 11.6 Å². The summed E-state index contributed by atoms with van der Waals surface area (Å²) in [5.41, 5.74) is 0.409. The zero-order chi connectivity index (χ0) is 9.42. The number of hydrogen-bond acceptors (Lipinski definition) is 3. The van der Waals surface area contributed by atoms with Crippen LogP contribution < -0.4 is 0 Å². The first kappa shape index (κ1) is 8.29. The van der Waals surface area contributed by atoms with Crippen molar-refractivity contribution < 1.29 is 9.21 Å². The van der Waals surface area contributed by atoms with Gasteiger partial charge in [-0.1, -0.05) is 0 Å². The number of carbonyl (C=O) groups is 1. The van der Waals surface area contributed by atoms with Crippen molar-refractivity contribution in [3.8, 4) is 0 Å². The maximum Gasteiger partial charge on any atom is 0.275 e. The lowest BCUT2D eigenvalue weighted by Crippen LogP contribution is -2.21. The smallest absolute Gasteiger partial charge is 0.275 e. The summed E-state index contributed by atoms with van der Waals surface area (Å²) >= 11 is 0. The average molecular weight is 180 g/mol. The summed E-state index contributed by atoms with van der Waals surface area (Å²) in [5, 5.41) is 0. The Morgan fingerprint density at radius 1 is 1.62 bits per heavy atom. The Morgan fingerprint density at radius 2 is 2.31 bits per heavy atom. The van der Waals surface area contributed by atoms with Crippen LogP contribution in [-0.4, -0.2) is 29.9 Å². The lowest BCUT2D eigenvalue weighted by molar-refractivity contribution is 0.0822. The van der Waals surface area contributed by atoms with Crippen LogP contribution in [0.15, 0.2) is 10.7 Å². The summed E-state index contributed by atoms with van der Waals surface area (Å²) in [4.78, 5) is 17.0. The molecule has 13 heavy (non-hydrogen) atoms. The van der Waals surface area contributed by atoms with Gasteiger partial charge in [0, 0.05) is 20.0 Å². The first-order valence-corrected chi connectivity index (χ1v) is 4.35. The highest BCUT2D eigenvalue weighted by molar-refractivity contribution is 5.91. The minimum atomic E-state index is -0.101. The van der Waals surface area contributed by atoms with Crippen LogP contribution in [-0.2, 0) is 0 Å². The molecule has 1 aromatic rings. The van der Waals surface area contributed by atoms with Gasteiger partial charge in [-0.3, -0.25) is 4.79 Å². The van der Waals surface area contributed by atoms with Gasteiger partial charge >= 0.3 is 0 Å². The van der Waals surface area contributed by atoms with Gasteiger partial charge in [0.1, 0.15) is 6.26 Å². The normalized spacial score (nSPS) is 15.8. The Kier molecular flexibility index (Phi) is 1.83. The monoisotopic (exact) mass is 180 g/mol. The van der Waals surface area contributed by atoms with Crippen LogP contribution in [0.4, 0.5) is 0 Å². The standard InChI is InChI=1S/C9H12N2O2/c1-11(2)9(12)7-5-13-8(10-7)6-3-4-6/h5-6H,3-4H2,1-2H3. The molecule has 0 bridgehead atoms. The van der Waals surface area contributed by atoms with Crippen molar-refractivity contribution in [3.63, 3.8) is 0 Å². The van der Waals surface area contributed by atoms with E-state index in [1.54, 1.807) is 14.1 Å². The molecule has 0 atom stereocenters. The molecule has 1 aliphatic rings. The molecule has 0 spiro atoms. The topological polar surface area (TPSA) is 46.3 Å². The van der Waals surface area contributed by atoms with Crippen LogP contribution in [0.1, 0.15) is 35.1 Å². The van der Waals surface area contributed by atoms with Crippen LogP contribution in [0.3, 0.4) is 0 Å². The number of amides is 1. The van der Waals surface area contributed by atoms with Gasteiger partial charge in [0.05, 0.1) is 0 Å². The number of rotatable bonds is 2. The Labute approximate surface area is 76.6 Å². The maximum atomic E-state index is 11.4. The van der Waals surface area contributed by atoms with Crippen molar-refractivity contribution in [1.82, 2.24) is 9.88 Å². The fourth-order valence-electron chi connectivity index (χ4n) is 1.13. The lowest BCUT2D eigenvalue weighted by atomic mass is 10.4. The van der Waals surface area contributed by atoms with Gasteiger partial charge in [-0.2, -0.15) is 0 Å². The molecule has 0 N–H and O–H groups in total. The summed E-state index contributed by atoms with van der Waals surface area (Å²) in [6.45, 7) is 0. The second-order valence-electron chi connectivity index (χ2n) is 3.54. The van der Waals surface area contributed by atoms with Crippen molar-refractivity contribution in [1.29, 1.82) is 0 Å². The number of carbonyl (C=O) groups excluding carboxylic acids is 1. The number of hydrogen-bond donors (Lipinski definition) is 0. The quantitative estimate of drug-likeness (QED) is 0.688. The van der Waals surface area contributed by atoms with E-state index in [1.165, 1.54) is 11.2 Å². The van der Waals surface area contributed by atoms with E-state index in [0.29, 0.717) is 17.5 Å². The third-order valence-corrected chi connectivity index (χ3v) is 2.07. The third-order valence-electron chi connectivity index (χ3n) is 2.07. The molecule has 1 fully saturated rings. The molecule has 0 aliphatic heterocycles. The summed E-state index contributed by atoms with van der Waals surface area (Å²) in [6.07, 6.45) is 3.71. The van der Waals surface area contributed by atoms with Gasteiger partial charge in [0.2, 0.25) is 0 Å². The largest absolute Gasteiger partial charge is 0.448 e. The highest BCUT2D eigenvalue weighted by Gasteiger charge is 2.29. The second kappa shape index (κ2) is 2.87. The molecular formula is C9H12N2O2. The zero-order valence-electron chi connectivity index (χ0n) is 7.78. The molecule has 1 heterocycles. The number of nitrogens with zero attached hydrogens (tertiary/aromatic N) is 2. The number of aromatic nitrogens is 1. The third kappa shape index (κ3) is 1.56. The highest BCUT2D eigenvalue weighted by atomic mass is 16.3. The van der Waals surface area contributed by atoms with E-state index >= 15 is 0 Å². The predicted molar refractivity (Wildman–Crippen MR) is 46.5 cm³/mol. The van der Waals surface area contributed by atoms with Crippen molar-refractivity contribution in [3.05, 3.63) is 17.8 Å². The zero-order valence-corrected chi connectivity index (χ0v) is 7.78.